The van der Waals surface area contributed by atoms with Crippen LogP contribution in [0, 0.1) is 0 Å². The third-order valence-electron chi connectivity index (χ3n) is 6.50. The highest BCUT2D eigenvalue weighted by Gasteiger charge is 2.34. The van der Waals surface area contributed by atoms with Crippen LogP contribution in [0.5, 0.6) is 0 Å². The van der Waals surface area contributed by atoms with E-state index in [0.29, 0.717) is 49.2 Å². The summed E-state index contributed by atoms with van der Waals surface area (Å²) in [5.74, 6) is 0.151. The Labute approximate surface area is 222 Å². The second-order valence-corrected chi connectivity index (χ2v) is 9.10. The fourth-order valence-corrected chi connectivity index (χ4v) is 4.34. The molecule has 0 bridgehead atoms. The number of carbonyl (C=O) groups excluding carboxylic acids is 2. The number of hydrogen-bond acceptors (Lipinski definition) is 6. The van der Waals surface area contributed by atoms with Crippen LogP contribution in [0.4, 0.5) is 21.9 Å². The molecule has 1 saturated carbocycles. The summed E-state index contributed by atoms with van der Waals surface area (Å²) in [6.45, 7) is 2.73. The molecule has 9 heteroatoms. The highest BCUT2D eigenvalue weighted by Crippen LogP contribution is 2.39. The molecule has 0 unspecified atom stereocenters. The predicted octanol–water partition coefficient (Wildman–Crippen LogP) is 4.76. The van der Waals surface area contributed by atoms with Gasteiger partial charge in [-0.05, 0) is 47.9 Å². The van der Waals surface area contributed by atoms with Gasteiger partial charge in [-0.15, -0.1) is 12.4 Å². The predicted molar refractivity (Wildman–Crippen MR) is 147 cm³/mol. The molecule has 2 atom stereocenters. The van der Waals surface area contributed by atoms with E-state index in [1.54, 1.807) is 12.1 Å². The fraction of sp³-hybridized carbons (Fsp3) is 0.286. The number of benzene rings is 3. The lowest BCUT2D eigenvalue weighted by Gasteiger charge is -2.30. The van der Waals surface area contributed by atoms with Gasteiger partial charge >= 0.3 is 6.09 Å². The lowest BCUT2D eigenvalue weighted by Crippen LogP contribution is -2.37. The van der Waals surface area contributed by atoms with Crippen LogP contribution in [0.15, 0.2) is 72.8 Å². The maximum atomic E-state index is 13.0. The lowest BCUT2D eigenvalue weighted by atomic mass is 10.1. The van der Waals surface area contributed by atoms with E-state index in [-0.39, 0.29) is 31.0 Å². The quantitative estimate of drug-likeness (QED) is 0.413. The number of ether oxygens (including phenoxy) is 2. The zero-order valence-corrected chi connectivity index (χ0v) is 21.2. The van der Waals surface area contributed by atoms with Crippen LogP contribution in [0.3, 0.4) is 0 Å². The van der Waals surface area contributed by atoms with Crippen molar-refractivity contribution in [3.8, 4) is 0 Å². The van der Waals surface area contributed by atoms with Crippen LogP contribution in [0.1, 0.15) is 33.8 Å². The van der Waals surface area contributed by atoms with Crippen LogP contribution < -0.4 is 21.3 Å². The molecule has 4 N–H and O–H groups in total. The maximum absolute atomic E-state index is 13.0. The number of carbonyl (C=O) groups is 2. The number of nitrogens with two attached hydrogens (primary N) is 1. The van der Waals surface area contributed by atoms with Crippen molar-refractivity contribution in [1.82, 2.24) is 0 Å². The van der Waals surface area contributed by atoms with Gasteiger partial charge in [-0.2, -0.15) is 0 Å². The van der Waals surface area contributed by atoms with Gasteiger partial charge in [-0.3, -0.25) is 10.1 Å². The summed E-state index contributed by atoms with van der Waals surface area (Å²) < 4.78 is 10.9. The van der Waals surface area contributed by atoms with E-state index < -0.39 is 6.09 Å². The molecule has 2 amide bonds. The van der Waals surface area contributed by atoms with Gasteiger partial charge in [0, 0.05) is 36.3 Å². The first-order valence-corrected chi connectivity index (χ1v) is 12.2. The van der Waals surface area contributed by atoms with Crippen molar-refractivity contribution in [2.24, 2.45) is 5.73 Å². The number of amides is 2. The van der Waals surface area contributed by atoms with Crippen LogP contribution in [0.25, 0.3) is 0 Å². The molecule has 194 valence electrons. The Hall–Kier alpha value is -3.59. The van der Waals surface area contributed by atoms with E-state index >= 15 is 0 Å². The van der Waals surface area contributed by atoms with Crippen LogP contribution in [-0.2, 0) is 16.1 Å². The molecular formula is C28H31ClN4O4. The number of morpholine rings is 1. The Morgan fingerprint density at radius 1 is 0.973 bits per heavy atom. The maximum Gasteiger partial charge on any atom is 0.412 e. The summed E-state index contributed by atoms with van der Waals surface area (Å²) in [5, 5.41) is 5.77. The lowest BCUT2D eigenvalue weighted by molar-refractivity contribution is 0.102. The molecule has 3 aromatic rings. The van der Waals surface area contributed by atoms with E-state index in [1.807, 2.05) is 60.7 Å². The summed E-state index contributed by atoms with van der Waals surface area (Å²) in [5.41, 5.74) is 10.5. The second-order valence-electron chi connectivity index (χ2n) is 9.10. The minimum atomic E-state index is -0.584. The summed E-state index contributed by atoms with van der Waals surface area (Å²) in [7, 11) is 0. The molecule has 2 aliphatic rings. The Kier molecular flexibility index (Phi) is 8.66. The number of anilines is 3. The summed E-state index contributed by atoms with van der Waals surface area (Å²) in [6, 6.07) is 22.8. The van der Waals surface area contributed by atoms with Gasteiger partial charge in [-0.25, -0.2) is 4.79 Å². The Morgan fingerprint density at radius 3 is 2.35 bits per heavy atom. The number of nitrogens with one attached hydrogen (secondary N) is 2. The molecule has 1 saturated heterocycles. The standard InChI is InChI=1S/C28H30N4O4.ClH/c29-24-17-23(24)20-6-9-22(10-7-20)30-27(33)21-8-11-26(32-12-14-35-15-13-32)25(16-21)31-28(34)36-18-19-4-2-1-3-5-19;/h1-11,16,23-24H,12-15,17-18,29H2,(H,30,33)(H,31,34);1H/t23-,24+;/m0./s1. The van der Waals surface area contributed by atoms with Crippen molar-refractivity contribution in [3.63, 3.8) is 0 Å². The summed E-state index contributed by atoms with van der Waals surface area (Å²) >= 11 is 0. The number of nitrogens with zero attached hydrogens (tertiary/aromatic N) is 1. The largest absolute Gasteiger partial charge is 0.444 e. The molecular weight excluding hydrogens is 492 g/mol. The Bertz CT molecular complexity index is 1220. The minimum absolute atomic E-state index is 0. The first kappa shape index (κ1) is 26.5. The second kappa shape index (κ2) is 12.1. The Morgan fingerprint density at radius 2 is 1.68 bits per heavy atom. The van der Waals surface area contributed by atoms with Gasteiger partial charge in [0.25, 0.3) is 5.91 Å². The zero-order chi connectivity index (χ0) is 24.9. The van der Waals surface area contributed by atoms with Crippen molar-refractivity contribution in [3.05, 3.63) is 89.5 Å². The molecule has 0 aromatic heterocycles. The van der Waals surface area contributed by atoms with Crippen molar-refractivity contribution in [2.75, 3.05) is 41.8 Å². The molecule has 3 aromatic carbocycles. The van der Waals surface area contributed by atoms with E-state index in [0.717, 1.165) is 17.7 Å². The average molecular weight is 523 g/mol. The highest BCUT2D eigenvalue weighted by atomic mass is 35.5. The van der Waals surface area contributed by atoms with Gasteiger partial charge in [0.05, 0.1) is 24.6 Å². The van der Waals surface area contributed by atoms with E-state index in [1.165, 1.54) is 5.56 Å². The van der Waals surface area contributed by atoms with Crippen molar-refractivity contribution in [1.29, 1.82) is 0 Å². The number of hydrogen-bond donors (Lipinski definition) is 3. The first-order chi connectivity index (χ1) is 17.6. The van der Waals surface area contributed by atoms with Crippen molar-refractivity contribution in [2.45, 2.75) is 25.0 Å². The number of rotatable bonds is 7. The van der Waals surface area contributed by atoms with E-state index in [9.17, 15) is 9.59 Å². The summed E-state index contributed by atoms with van der Waals surface area (Å²) in [6.07, 6.45) is 0.421. The van der Waals surface area contributed by atoms with Crippen LogP contribution >= 0.6 is 12.4 Å². The topological polar surface area (TPSA) is 106 Å². The third-order valence-corrected chi connectivity index (χ3v) is 6.50. The molecule has 5 rings (SSSR count). The molecule has 0 spiro atoms. The summed E-state index contributed by atoms with van der Waals surface area (Å²) in [4.78, 5) is 27.8. The van der Waals surface area contributed by atoms with E-state index in [2.05, 4.69) is 15.5 Å². The van der Waals surface area contributed by atoms with Crippen LogP contribution in [-0.4, -0.2) is 44.3 Å². The molecule has 0 radical (unpaired) electrons. The average Bonchev–Trinajstić information content (AvgIpc) is 3.65. The highest BCUT2D eigenvalue weighted by molar-refractivity contribution is 6.06. The van der Waals surface area contributed by atoms with Gasteiger partial charge in [0.15, 0.2) is 0 Å². The molecule has 1 heterocycles. The van der Waals surface area contributed by atoms with Crippen LogP contribution in [0.2, 0.25) is 0 Å². The molecule has 37 heavy (non-hydrogen) atoms. The van der Waals surface area contributed by atoms with E-state index in [4.69, 9.17) is 15.2 Å². The SMILES string of the molecule is Cl.N[C@@H]1C[C@H]1c1ccc(NC(=O)c2ccc(N3CCOCC3)c(NC(=O)OCc3ccccc3)c2)cc1. The van der Waals surface area contributed by atoms with Gasteiger partial charge in [-0.1, -0.05) is 42.5 Å². The van der Waals surface area contributed by atoms with Gasteiger partial charge < -0.3 is 25.4 Å². The third kappa shape index (κ3) is 6.80. The molecule has 2 fully saturated rings. The van der Waals surface area contributed by atoms with Gasteiger partial charge in [0.1, 0.15) is 6.61 Å². The smallest absolute Gasteiger partial charge is 0.412 e. The monoisotopic (exact) mass is 522 g/mol. The van der Waals surface area contributed by atoms with Crippen molar-refractivity contribution >= 4 is 41.5 Å². The minimum Gasteiger partial charge on any atom is -0.444 e. The zero-order valence-electron chi connectivity index (χ0n) is 20.4. The first-order valence-electron chi connectivity index (χ1n) is 12.2. The number of halogens is 1. The molecule has 1 aliphatic heterocycles. The normalized spacial score (nSPS) is 18.4. The molecule has 1 aliphatic carbocycles. The van der Waals surface area contributed by atoms with Crippen molar-refractivity contribution < 1.29 is 19.1 Å². The Balaban J connectivity index is 0.00000320. The fourth-order valence-electron chi connectivity index (χ4n) is 4.34. The molecule has 8 nitrogen and oxygen atoms in total. The van der Waals surface area contributed by atoms with Gasteiger partial charge in [0.2, 0.25) is 0 Å².